The van der Waals surface area contributed by atoms with Gasteiger partial charge in [-0.15, -0.1) is 0 Å². The number of nitrogens with one attached hydrogen (secondary N) is 3. The van der Waals surface area contributed by atoms with Crippen molar-refractivity contribution in [2.45, 2.75) is 12.0 Å². The van der Waals surface area contributed by atoms with Crippen LogP contribution in [0.3, 0.4) is 0 Å². The summed E-state index contributed by atoms with van der Waals surface area (Å²) < 4.78 is 40.8. The van der Waals surface area contributed by atoms with Crippen LogP contribution in [0.4, 0.5) is 23.7 Å². The molecule has 0 aliphatic carbocycles. The molecule has 8 heteroatoms. The lowest BCUT2D eigenvalue weighted by atomic mass is 9.93. The van der Waals surface area contributed by atoms with Gasteiger partial charge in [0.25, 0.3) is 0 Å². The Morgan fingerprint density at radius 3 is 2.32 bits per heavy atom. The molecular weight excluding hydrogens is 335 g/mol. The summed E-state index contributed by atoms with van der Waals surface area (Å²) in [6.45, 7) is -0.00180. The lowest BCUT2D eigenvalue weighted by molar-refractivity contribution is -0.120. The average molecular weight is 349 g/mol. The van der Waals surface area contributed by atoms with Gasteiger partial charge >= 0.3 is 6.03 Å². The summed E-state index contributed by atoms with van der Waals surface area (Å²) in [7, 11) is 0. The van der Waals surface area contributed by atoms with Crippen LogP contribution in [0.25, 0.3) is 0 Å². The van der Waals surface area contributed by atoms with Crippen molar-refractivity contribution in [3.8, 4) is 0 Å². The highest BCUT2D eigenvalue weighted by Crippen LogP contribution is 2.28. The van der Waals surface area contributed by atoms with Crippen molar-refractivity contribution < 1.29 is 22.8 Å². The first-order valence-corrected chi connectivity index (χ1v) is 7.50. The fourth-order valence-corrected chi connectivity index (χ4v) is 2.76. The number of rotatable bonds is 3. The van der Waals surface area contributed by atoms with Gasteiger partial charge in [0.15, 0.2) is 0 Å². The number of hydrogen-bond acceptors (Lipinski definition) is 2. The molecule has 1 saturated heterocycles. The van der Waals surface area contributed by atoms with Gasteiger partial charge in [-0.1, -0.05) is 6.07 Å². The van der Waals surface area contributed by atoms with Crippen LogP contribution in [-0.2, 0) is 4.79 Å². The summed E-state index contributed by atoms with van der Waals surface area (Å²) in [5, 5.41) is 7.32. The monoisotopic (exact) mass is 349 g/mol. The van der Waals surface area contributed by atoms with E-state index in [-0.39, 0.29) is 12.1 Å². The Balaban J connectivity index is 1.76. The van der Waals surface area contributed by atoms with E-state index in [1.54, 1.807) is 0 Å². The highest BCUT2D eigenvalue weighted by molar-refractivity contribution is 5.95. The van der Waals surface area contributed by atoms with Crippen molar-refractivity contribution in [1.82, 2.24) is 10.6 Å². The smallest absolute Gasteiger partial charge is 0.319 e. The minimum atomic E-state index is -1.13. The lowest BCUT2D eigenvalue weighted by Gasteiger charge is -2.20. The van der Waals surface area contributed by atoms with E-state index in [0.717, 1.165) is 24.3 Å². The van der Waals surface area contributed by atoms with Crippen LogP contribution in [0, 0.1) is 17.5 Å². The summed E-state index contributed by atoms with van der Waals surface area (Å²) in [6, 6.07) is 6.55. The molecule has 0 aromatic heterocycles. The fourth-order valence-electron chi connectivity index (χ4n) is 2.76. The van der Waals surface area contributed by atoms with Gasteiger partial charge < -0.3 is 16.0 Å². The zero-order valence-electron chi connectivity index (χ0n) is 12.9. The number of benzene rings is 2. The van der Waals surface area contributed by atoms with E-state index >= 15 is 0 Å². The van der Waals surface area contributed by atoms with E-state index in [2.05, 4.69) is 16.0 Å². The molecule has 0 spiro atoms. The molecule has 1 aliphatic rings. The minimum Gasteiger partial charge on any atom is -0.354 e. The van der Waals surface area contributed by atoms with E-state index in [0.29, 0.717) is 5.69 Å². The third kappa shape index (κ3) is 3.57. The number of urea groups is 1. The molecule has 1 heterocycles. The van der Waals surface area contributed by atoms with Crippen molar-refractivity contribution in [1.29, 1.82) is 0 Å². The van der Waals surface area contributed by atoms with Gasteiger partial charge in [-0.2, -0.15) is 0 Å². The van der Waals surface area contributed by atoms with Crippen LogP contribution in [0.15, 0.2) is 42.5 Å². The van der Waals surface area contributed by atoms with Crippen LogP contribution >= 0.6 is 0 Å². The Labute approximate surface area is 141 Å². The maximum atomic E-state index is 14.0. The number of carbonyl (C=O) groups is 2. The molecule has 1 fully saturated rings. The highest BCUT2D eigenvalue weighted by atomic mass is 19.1. The Morgan fingerprint density at radius 1 is 1.04 bits per heavy atom. The van der Waals surface area contributed by atoms with Gasteiger partial charge in [0.1, 0.15) is 23.5 Å². The number of anilines is 1. The molecule has 3 N–H and O–H groups in total. The number of carbonyl (C=O) groups excluding carboxylic acids is 2. The van der Waals surface area contributed by atoms with Crippen molar-refractivity contribution >= 4 is 17.6 Å². The number of amides is 3. The van der Waals surface area contributed by atoms with Crippen LogP contribution < -0.4 is 16.0 Å². The van der Waals surface area contributed by atoms with Gasteiger partial charge in [0, 0.05) is 23.7 Å². The van der Waals surface area contributed by atoms with E-state index in [1.807, 2.05) is 0 Å². The molecule has 0 bridgehead atoms. The molecule has 5 nitrogen and oxygen atoms in total. The molecule has 3 rings (SSSR count). The van der Waals surface area contributed by atoms with Gasteiger partial charge in [0.2, 0.25) is 5.91 Å². The van der Waals surface area contributed by atoms with Crippen molar-refractivity contribution in [3.05, 3.63) is 65.5 Å². The molecule has 2 aromatic carbocycles. The van der Waals surface area contributed by atoms with Gasteiger partial charge in [-0.3, -0.25) is 4.79 Å². The SMILES string of the molecule is O=C(Nc1ccc(F)cc1)N[C@@H]1C(=O)NC[C@H]1c1c(F)cccc1F. The fraction of sp³-hybridized carbons (Fsp3) is 0.176. The number of hydrogen-bond donors (Lipinski definition) is 3. The van der Waals surface area contributed by atoms with Crippen molar-refractivity contribution in [3.63, 3.8) is 0 Å². The molecule has 0 radical (unpaired) electrons. The second kappa shape index (κ2) is 6.84. The minimum absolute atomic E-state index is 0.00180. The van der Waals surface area contributed by atoms with Crippen LogP contribution in [-0.4, -0.2) is 24.5 Å². The largest absolute Gasteiger partial charge is 0.354 e. The van der Waals surface area contributed by atoms with Crippen molar-refractivity contribution in [2.24, 2.45) is 0 Å². The van der Waals surface area contributed by atoms with E-state index < -0.39 is 41.3 Å². The van der Waals surface area contributed by atoms with Gasteiger partial charge in [0.05, 0.1) is 0 Å². The summed E-state index contributed by atoms with van der Waals surface area (Å²) in [6.07, 6.45) is 0. The van der Waals surface area contributed by atoms with Gasteiger partial charge in [-0.25, -0.2) is 18.0 Å². The van der Waals surface area contributed by atoms with Crippen LogP contribution in [0.5, 0.6) is 0 Å². The van der Waals surface area contributed by atoms with Crippen LogP contribution in [0.2, 0.25) is 0 Å². The van der Waals surface area contributed by atoms with E-state index in [1.165, 1.54) is 18.2 Å². The first-order chi connectivity index (χ1) is 12.0. The average Bonchev–Trinajstić information content (AvgIpc) is 2.91. The molecule has 2 aromatic rings. The molecule has 2 atom stereocenters. The molecular formula is C17H14F3N3O2. The van der Waals surface area contributed by atoms with E-state index in [4.69, 9.17) is 0 Å². The van der Waals surface area contributed by atoms with Crippen molar-refractivity contribution in [2.75, 3.05) is 11.9 Å². The van der Waals surface area contributed by atoms with Gasteiger partial charge in [-0.05, 0) is 36.4 Å². The zero-order chi connectivity index (χ0) is 18.0. The summed E-state index contributed by atoms with van der Waals surface area (Å²) >= 11 is 0. The Kier molecular flexibility index (Phi) is 4.60. The van der Waals surface area contributed by atoms with E-state index in [9.17, 15) is 22.8 Å². The normalized spacial score (nSPS) is 19.4. The quantitative estimate of drug-likeness (QED) is 0.797. The maximum absolute atomic E-state index is 14.0. The third-order valence-electron chi connectivity index (χ3n) is 3.94. The molecule has 3 amide bonds. The summed E-state index contributed by atoms with van der Waals surface area (Å²) in [5.41, 5.74) is 0.0545. The first kappa shape index (κ1) is 16.8. The Hall–Kier alpha value is -3.03. The predicted molar refractivity (Wildman–Crippen MR) is 84.5 cm³/mol. The molecule has 0 unspecified atom stereocenters. The second-order valence-corrected chi connectivity index (χ2v) is 5.57. The zero-order valence-corrected chi connectivity index (χ0v) is 12.9. The Bertz CT molecular complexity index is 791. The number of halogens is 3. The summed E-state index contributed by atoms with van der Waals surface area (Å²) in [4.78, 5) is 24.0. The standard InChI is InChI=1S/C17H14F3N3O2/c18-9-4-6-10(7-5-9)22-17(25)23-15-11(8-21-16(15)24)14-12(19)2-1-3-13(14)20/h1-7,11,15H,8H2,(H,21,24)(H2,22,23,25)/t11-,15-/m0/s1. The topological polar surface area (TPSA) is 70.2 Å². The first-order valence-electron chi connectivity index (χ1n) is 7.50. The lowest BCUT2D eigenvalue weighted by Crippen LogP contribution is -2.45. The molecule has 1 aliphatic heterocycles. The second-order valence-electron chi connectivity index (χ2n) is 5.57. The molecule has 130 valence electrons. The Morgan fingerprint density at radius 2 is 1.68 bits per heavy atom. The molecule has 25 heavy (non-hydrogen) atoms. The maximum Gasteiger partial charge on any atom is 0.319 e. The van der Waals surface area contributed by atoms with Crippen LogP contribution in [0.1, 0.15) is 11.5 Å². The predicted octanol–water partition coefficient (Wildman–Crippen LogP) is 2.51. The summed E-state index contributed by atoms with van der Waals surface area (Å²) in [5.74, 6) is -3.45. The molecule has 0 saturated carbocycles. The third-order valence-corrected chi connectivity index (χ3v) is 3.94. The highest BCUT2D eigenvalue weighted by Gasteiger charge is 2.39.